The molecule has 1 aliphatic rings. The summed E-state index contributed by atoms with van der Waals surface area (Å²) in [6, 6.07) is 10.1. The number of ether oxygens (including phenoxy) is 2. The van der Waals surface area contributed by atoms with Gasteiger partial charge in [0, 0.05) is 37.7 Å². The monoisotopic (exact) mass is 436 g/mol. The summed E-state index contributed by atoms with van der Waals surface area (Å²) in [5.74, 6) is 0.848. The Morgan fingerprint density at radius 1 is 1.16 bits per heavy atom. The summed E-state index contributed by atoms with van der Waals surface area (Å²) in [7, 11) is 3.10. The molecule has 8 heteroatoms. The fourth-order valence-electron chi connectivity index (χ4n) is 4.12. The molecule has 7 nitrogen and oxygen atoms in total. The van der Waals surface area contributed by atoms with Crippen molar-refractivity contribution in [1.29, 1.82) is 0 Å². The van der Waals surface area contributed by atoms with Crippen molar-refractivity contribution in [3.63, 3.8) is 0 Å². The van der Waals surface area contributed by atoms with E-state index in [-0.39, 0.29) is 11.8 Å². The lowest BCUT2D eigenvalue weighted by molar-refractivity contribution is 0.220. The summed E-state index contributed by atoms with van der Waals surface area (Å²) >= 11 is 0. The lowest BCUT2D eigenvalue weighted by Crippen LogP contribution is -2.38. The van der Waals surface area contributed by atoms with E-state index in [2.05, 4.69) is 15.3 Å². The molecule has 2 amide bonds. The van der Waals surface area contributed by atoms with E-state index in [1.54, 1.807) is 68.9 Å². The normalized spacial score (nSPS) is 17.8. The minimum Gasteiger partial charge on any atom is -0.497 e. The van der Waals surface area contributed by atoms with Crippen LogP contribution in [0.5, 0.6) is 11.5 Å². The zero-order valence-corrected chi connectivity index (χ0v) is 18.3. The number of halogens is 1. The largest absolute Gasteiger partial charge is 0.497 e. The number of amides is 2. The number of anilines is 1. The Morgan fingerprint density at radius 2 is 2.00 bits per heavy atom. The number of nitrogens with zero attached hydrogens (tertiary/aromatic N) is 3. The van der Waals surface area contributed by atoms with Gasteiger partial charge in [0.25, 0.3) is 0 Å². The summed E-state index contributed by atoms with van der Waals surface area (Å²) in [5, 5.41) is 2.91. The first-order valence-corrected chi connectivity index (χ1v) is 10.3. The molecule has 0 saturated carbocycles. The third-order valence-corrected chi connectivity index (χ3v) is 5.98. The van der Waals surface area contributed by atoms with Crippen molar-refractivity contribution in [1.82, 2.24) is 14.9 Å². The van der Waals surface area contributed by atoms with E-state index in [9.17, 15) is 9.18 Å². The molecule has 32 heavy (non-hydrogen) atoms. The van der Waals surface area contributed by atoms with Crippen LogP contribution in [0.4, 0.5) is 14.9 Å². The topological polar surface area (TPSA) is 76.6 Å². The number of carbonyl (C=O) groups is 1. The number of methoxy groups -OCH3 is 2. The number of nitrogens with one attached hydrogen (secondary N) is 1. The fourth-order valence-corrected chi connectivity index (χ4v) is 4.12. The first kappa shape index (κ1) is 21.5. The average molecular weight is 436 g/mol. The number of carbonyl (C=O) groups excluding carboxylic acids is 1. The highest BCUT2D eigenvalue weighted by atomic mass is 19.1. The second-order valence-corrected chi connectivity index (χ2v) is 7.80. The molecule has 1 saturated heterocycles. The number of aromatic nitrogens is 2. The molecular weight excluding hydrogens is 411 g/mol. The van der Waals surface area contributed by atoms with Gasteiger partial charge < -0.3 is 19.7 Å². The Labute approximate surface area is 186 Å². The van der Waals surface area contributed by atoms with Gasteiger partial charge in [-0.25, -0.2) is 9.18 Å². The smallest absolute Gasteiger partial charge is 0.321 e. The fraction of sp³-hybridized carbons (Fsp3) is 0.292. The maximum Gasteiger partial charge on any atom is 0.321 e. The molecule has 4 rings (SSSR count). The molecule has 166 valence electrons. The van der Waals surface area contributed by atoms with Gasteiger partial charge in [0.1, 0.15) is 17.3 Å². The summed E-state index contributed by atoms with van der Waals surface area (Å²) in [6.45, 7) is 2.54. The summed E-state index contributed by atoms with van der Waals surface area (Å²) < 4.78 is 25.1. The van der Waals surface area contributed by atoms with Crippen LogP contribution >= 0.6 is 0 Å². The number of urea groups is 1. The van der Waals surface area contributed by atoms with Gasteiger partial charge in [0.05, 0.1) is 31.0 Å². The molecule has 1 N–H and O–H groups in total. The van der Waals surface area contributed by atoms with Crippen LogP contribution in [-0.4, -0.2) is 48.2 Å². The number of rotatable bonds is 5. The highest BCUT2D eigenvalue weighted by molar-refractivity contribution is 5.91. The second kappa shape index (κ2) is 8.82. The molecule has 3 aromatic rings. The molecule has 1 fully saturated rings. The van der Waals surface area contributed by atoms with E-state index in [1.165, 1.54) is 6.07 Å². The predicted octanol–water partition coefficient (Wildman–Crippen LogP) is 4.17. The van der Waals surface area contributed by atoms with E-state index in [0.717, 1.165) is 5.56 Å². The van der Waals surface area contributed by atoms with Crippen molar-refractivity contribution >= 4 is 11.7 Å². The van der Waals surface area contributed by atoms with Crippen molar-refractivity contribution in [2.75, 3.05) is 32.6 Å². The Kier molecular flexibility index (Phi) is 5.94. The number of benzene rings is 2. The first-order chi connectivity index (χ1) is 15.5. The average Bonchev–Trinajstić information content (AvgIpc) is 3.28. The van der Waals surface area contributed by atoms with Crippen molar-refractivity contribution in [3.05, 3.63) is 77.6 Å². The minimum atomic E-state index is -0.654. The SMILES string of the molecule is COc1ccc(OC)c(NC(=O)N2CCC(c3ccc(C)c(F)c3)(c3cnccn3)C2)c1. The van der Waals surface area contributed by atoms with Crippen LogP contribution in [0.2, 0.25) is 0 Å². The molecule has 1 unspecified atom stereocenters. The lowest BCUT2D eigenvalue weighted by atomic mass is 9.76. The third-order valence-electron chi connectivity index (χ3n) is 5.98. The van der Waals surface area contributed by atoms with Crippen molar-refractivity contribution < 1.29 is 18.7 Å². The quantitative estimate of drug-likeness (QED) is 0.650. The zero-order chi connectivity index (χ0) is 22.7. The van der Waals surface area contributed by atoms with Gasteiger partial charge in [0.2, 0.25) is 0 Å². The van der Waals surface area contributed by atoms with Crippen LogP contribution in [0.15, 0.2) is 55.0 Å². The Balaban J connectivity index is 1.65. The van der Waals surface area contributed by atoms with Gasteiger partial charge in [-0.1, -0.05) is 12.1 Å². The van der Waals surface area contributed by atoms with Crippen LogP contribution in [0.25, 0.3) is 0 Å². The van der Waals surface area contributed by atoms with Crippen molar-refractivity contribution in [2.24, 2.45) is 0 Å². The number of aryl methyl sites for hydroxylation is 1. The van der Waals surface area contributed by atoms with Crippen LogP contribution in [0, 0.1) is 12.7 Å². The zero-order valence-electron chi connectivity index (χ0n) is 18.3. The molecule has 2 aromatic carbocycles. The van der Waals surface area contributed by atoms with Crippen LogP contribution < -0.4 is 14.8 Å². The van der Waals surface area contributed by atoms with Crippen molar-refractivity contribution in [2.45, 2.75) is 18.8 Å². The van der Waals surface area contributed by atoms with E-state index in [4.69, 9.17) is 9.47 Å². The van der Waals surface area contributed by atoms with Crippen LogP contribution in [0.1, 0.15) is 23.2 Å². The third kappa shape index (κ3) is 3.95. The molecular formula is C24H25FN4O3. The van der Waals surface area contributed by atoms with E-state index < -0.39 is 5.41 Å². The summed E-state index contributed by atoms with van der Waals surface area (Å²) in [6.07, 6.45) is 5.49. The molecule has 0 aliphatic carbocycles. The minimum absolute atomic E-state index is 0.282. The van der Waals surface area contributed by atoms with Gasteiger partial charge in [-0.15, -0.1) is 0 Å². The predicted molar refractivity (Wildman–Crippen MR) is 119 cm³/mol. The maximum absolute atomic E-state index is 14.5. The van der Waals surface area contributed by atoms with Crippen LogP contribution in [-0.2, 0) is 5.41 Å². The second-order valence-electron chi connectivity index (χ2n) is 7.80. The summed E-state index contributed by atoms with van der Waals surface area (Å²) in [5.41, 5.74) is 1.90. The molecule has 2 heterocycles. The Morgan fingerprint density at radius 3 is 2.69 bits per heavy atom. The van der Waals surface area contributed by atoms with Crippen molar-refractivity contribution in [3.8, 4) is 11.5 Å². The highest BCUT2D eigenvalue weighted by Crippen LogP contribution is 2.40. The van der Waals surface area contributed by atoms with E-state index in [1.807, 2.05) is 6.07 Å². The van der Waals surface area contributed by atoms with Gasteiger partial charge >= 0.3 is 6.03 Å². The molecule has 1 aromatic heterocycles. The molecule has 1 aliphatic heterocycles. The number of hydrogen-bond donors (Lipinski definition) is 1. The standard InChI is InChI=1S/C24H25FN4O3/c1-16-4-5-17(12-19(16)25)24(22-14-26-9-10-27-22)8-11-29(15-24)23(30)28-20-13-18(31-2)6-7-21(20)32-3/h4-7,9-10,12-14H,8,11,15H2,1-3H3,(H,28,30). The summed E-state index contributed by atoms with van der Waals surface area (Å²) in [4.78, 5) is 23.6. The number of hydrogen-bond acceptors (Lipinski definition) is 5. The van der Waals surface area contributed by atoms with Gasteiger partial charge in [-0.3, -0.25) is 9.97 Å². The molecule has 0 spiro atoms. The van der Waals surface area contributed by atoms with Crippen LogP contribution in [0.3, 0.4) is 0 Å². The first-order valence-electron chi connectivity index (χ1n) is 10.3. The van der Waals surface area contributed by atoms with E-state index in [0.29, 0.717) is 48.0 Å². The van der Waals surface area contributed by atoms with E-state index >= 15 is 0 Å². The van der Waals surface area contributed by atoms with Gasteiger partial charge in [-0.05, 0) is 42.7 Å². The lowest BCUT2D eigenvalue weighted by Gasteiger charge is -2.29. The van der Waals surface area contributed by atoms with Gasteiger partial charge in [-0.2, -0.15) is 0 Å². The van der Waals surface area contributed by atoms with Gasteiger partial charge in [0.15, 0.2) is 0 Å². The molecule has 1 atom stereocenters. The highest BCUT2D eigenvalue weighted by Gasteiger charge is 2.44. The molecule has 0 bridgehead atoms. The Hall–Kier alpha value is -3.68. The maximum atomic E-state index is 14.5. The number of likely N-dealkylation sites (tertiary alicyclic amines) is 1. The molecule has 0 radical (unpaired) electrons. The Bertz CT molecular complexity index is 1130.